The highest BCUT2D eigenvalue weighted by molar-refractivity contribution is 7.67. The lowest BCUT2D eigenvalue weighted by atomic mass is 9.78. The van der Waals surface area contributed by atoms with E-state index in [2.05, 4.69) is 32.9 Å². The first-order valence-electron chi connectivity index (χ1n) is 11.9. The summed E-state index contributed by atoms with van der Waals surface area (Å²) in [5, 5.41) is -1.23. The second-order valence-electron chi connectivity index (χ2n) is 10.3. The highest BCUT2D eigenvalue weighted by Gasteiger charge is 2.50. The number of ether oxygens (including phenoxy) is 2. The zero-order valence-electron chi connectivity index (χ0n) is 21.4. The van der Waals surface area contributed by atoms with Gasteiger partial charge in [0.15, 0.2) is 13.6 Å². The third-order valence-corrected chi connectivity index (χ3v) is 8.96. The lowest BCUT2D eigenvalue weighted by molar-refractivity contribution is 0.0901. The number of methoxy groups -OCH3 is 2. The molecular weight excluding hydrogens is 447 g/mol. The Morgan fingerprint density at radius 1 is 0.882 bits per heavy atom. The van der Waals surface area contributed by atoms with Crippen LogP contribution < -0.4 is 9.47 Å². The smallest absolute Gasteiger partial charge is 0.250 e. The van der Waals surface area contributed by atoms with Gasteiger partial charge < -0.3 is 9.47 Å². The first-order chi connectivity index (χ1) is 16.0. The van der Waals surface area contributed by atoms with Gasteiger partial charge in [0, 0.05) is 5.56 Å². The van der Waals surface area contributed by atoms with Gasteiger partial charge in [-0.2, -0.15) is 0 Å². The lowest BCUT2D eigenvalue weighted by Gasteiger charge is -2.35. The van der Waals surface area contributed by atoms with Gasteiger partial charge in [-0.05, 0) is 60.9 Å². The normalized spacial score (nSPS) is 16.0. The van der Waals surface area contributed by atoms with Gasteiger partial charge in [0.1, 0.15) is 22.2 Å². The van der Waals surface area contributed by atoms with Crippen LogP contribution >= 0.6 is 7.80 Å². The molecule has 1 unspecified atom stereocenters. The van der Waals surface area contributed by atoms with E-state index in [1.807, 2.05) is 13.8 Å². The standard InChI is InChI=1S/C28H36O5P/c1-18-16-20(27(3,4)5)17-19(2)23(18)25(29)28(14-9-8-10-15-28)34(31)26(30)24-21(32-6)12-11-13-22(24)33-7/h11-13,16-17H,8-10,14-15H2,1-7H3. The summed E-state index contributed by atoms with van der Waals surface area (Å²) in [6, 6.07) is 9.11. The minimum atomic E-state index is -2.58. The molecule has 0 aromatic heterocycles. The Hall–Kier alpha value is -2.52. The van der Waals surface area contributed by atoms with Crippen molar-refractivity contribution >= 4 is 19.1 Å². The highest BCUT2D eigenvalue weighted by atomic mass is 31.1. The van der Waals surface area contributed by atoms with Gasteiger partial charge in [0.2, 0.25) is 5.52 Å². The summed E-state index contributed by atoms with van der Waals surface area (Å²) in [7, 11) is 0.343. The first-order valence-corrected chi connectivity index (χ1v) is 13.1. The minimum Gasteiger partial charge on any atom is -0.496 e. The van der Waals surface area contributed by atoms with Gasteiger partial charge >= 0.3 is 0 Å². The van der Waals surface area contributed by atoms with Crippen LogP contribution in [0.15, 0.2) is 30.3 Å². The van der Waals surface area contributed by atoms with Crippen molar-refractivity contribution in [2.24, 2.45) is 0 Å². The van der Waals surface area contributed by atoms with Crippen LogP contribution in [0.25, 0.3) is 0 Å². The number of carbonyl (C=O) groups excluding carboxylic acids is 2. The van der Waals surface area contributed by atoms with Crippen LogP contribution in [0.5, 0.6) is 11.5 Å². The molecular formula is C28H36O5P. The largest absolute Gasteiger partial charge is 0.496 e. The molecule has 1 saturated carbocycles. The van der Waals surface area contributed by atoms with Crippen LogP contribution in [0.1, 0.15) is 90.3 Å². The molecule has 1 aliphatic rings. The molecule has 0 saturated heterocycles. The van der Waals surface area contributed by atoms with E-state index < -0.39 is 18.5 Å². The van der Waals surface area contributed by atoms with E-state index in [0.717, 1.165) is 36.0 Å². The summed E-state index contributed by atoms with van der Waals surface area (Å²) >= 11 is 0. The fourth-order valence-corrected chi connectivity index (χ4v) is 6.84. The summed E-state index contributed by atoms with van der Waals surface area (Å²) in [5.74, 6) is 0.423. The molecule has 0 spiro atoms. The Kier molecular flexibility index (Phi) is 7.67. The molecule has 1 aliphatic carbocycles. The number of hydrogen-bond acceptors (Lipinski definition) is 5. The van der Waals surface area contributed by atoms with Crippen LogP contribution in [0.3, 0.4) is 0 Å². The molecule has 0 heterocycles. The predicted octanol–water partition coefficient (Wildman–Crippen LogP) is 7.17. The maximum Gasteiger partial charge on any atom is 0.250 e. The molecule has 34 heavy (non-hydrogen) atoms. The second kappa shape index (κ2) is 10.00. The average Bonchev–Trinajstić information content (AvgIpc) is 2.81. The summed E-state index contributed by atoms with van der Waals surface area (Å²) in [4.78, 5) is 27.9. The number of rotatable bonds is 7. The van der Waals surface area contributed by atoms with Crippen molar-refractivity contribution in [2.45, 2.75) is 77.3 Å². The molecule has 183 valence electrons. The maximum absolute atomic E-state index is 14.2. The van der Waals surface area contributed by atoms with Crippen molar-refractivity contribution in [3.63, 3.8) is 0 Å². The Morgan fingerprint density at radius 2 is 1.38 bits per heavy atom. The number of carbonyl (C=O) groups is 2. The third-order valence-electron chi connectivity index (χ3n) is 6.94. The molecule has 2 aromatic carbocycles. The monoisotopic (exact) mass is 483 g/mol. The number of benzene rings is 2. The van der Waals surface area contributed by atoms with Gasteiger partial charge in [-0.1, -0.05) is 58.2 Å². The minimum absolute atomic E-state index is 0.0544. The molecule has 0 aliphatic heterocycles. The molecule has 2 aromatic rings. The van der Waals surface area contributed by atoms with Gasteiger partial charge in [-0.25, -0.2) is 0 Å². The van der Waals surface area contributed by atoms with Crippen molar-refractivity contribution in [3.05, 3.63) is 58.1 Å². The van der Waals surface area contributed by atoms with Crippen molar-refractivity contribution in [1.29, 1.82) is 0 Å². The summed E-state index contributed by atoms with van der Waals surface area (Å²) in [5.41, 5.74) is 2.98. The van der Waals surface area contributed by atoms with E-state index in [1.165, 1.54) is 14.2 Å². The average molecular weight is 484 g/mol. The first kappa shape index (κ1) is 26.1. The number of Topliss-reactive ketones (excluding diaryl/α,β-unsaturated/α-hetero) is 1. The van der Waals surface area contributed by atoms with Gasteiger partial charge in [0.25, 0.3) is 0 Å². The van der Waals surface area contributed by atoms with Crippen LogP contribution in [0.2, 0.25) is 0 Å². The van der Waals surface area contributed by atoms with Gasteiger partial charge in [-0.15, -0.1) is 0 Å². The fourth-order valence-electron chi connectivity index (χ4n) is 5.00. The van der Waals surface area contributed by atoms with Gasteiger partial charge in [-0.3, -0.25) is 14.2 Å². The SMILES string of the molecule is COc1cccc(OC)c1C(=O)[P](=O)C1(C(=O)c2c(C)cc(C(C)(C)C)cc2C)CCCCC1. The molecule has 6 heteroatoms. The zero-order chi connectivity index (χ0) is 25.3. The highest BCUT2D eigenvalue weighted by Crippen LogP contribution is 2.54. The van der Waals surface area contributed by atoms with E-state index in [9.17, 15) is 14.2 Å². The van der Waals surface area contributed by atoms with Crippen molar-refractivity contribution < 1.29 is 23.6 Å². The quantitative estimate of drug-likeness (QED) is 0.308. The Bertz CT molecular complexity index is 1070. The van der Waals surface area contributed by atoms with Crippen LogP contribution in [-0.2, 0) is 9.98 Å². The summed E-state index contributed by atoms with van der Waals surface area (Å²) in [6.45, 7) is 10.3. The molecule has 5 nitrogen and oxygen atoms in total. The van der Waals surface area contributed by atoms with Gasteiger partial charge in [0.05, 0.1) is 14.2 Å². The zero-order valence-corrected chi connectivity index (χ0v) is 22.3. The predicted molar refractivity (Wildman–Crippen MR) is 136 cm³/mol. The van der Waals surface area contributed by atoms with E-state index >= 15 is 0 Å². The maximum atomic E-state index is 14.2. The molecule has 1 fully saturated rings. The number of ketones is 1. The van der Waals surface area contributed by atoms with Crippen molar-refractivity contribution in [1.82, 2.24) is 0 Å². The second-order valence-corrected chi connectivity index (χ2v) is 12.1. The van der Waals surface area contributed by atoms with Crippen molar-refractivity contribution in [2.75, 3.05) is 14.2 Å². The topological polar surface area (TPSA) is 69.7 Å². The number of aryl methyl sites for hydroxylation is 2. The Morgan fingerprint density at radius 3 is 1.82 bits per heavy atom. The van der Waals surface area contributed by atoms with Crippen molar-refractivity contribution in [3.8, 4) is 11.5 Å². The van der Waals surface area contributed by atoms with E-state index in [4.69, 9.17) is 9.47 Å². The molecule has 3 rings (SSSR count). The molecule has 0 N–H and O–H groups in total. The molecule has 0 bridgehead atoms. The van der Waals surface area contributed by atoms with E-state index in [1.54, 1.807) is 18.2 Å². The lowest BCUT2D eigenvalue weighted by Crippen LogP contribution is -2.39. The number of hydrogen-bond donors (Lipinski definition) is 0. The van der Waals surface area contributed by atoms with Crippen LogP contribution in [0.4, 0.5) is 0 Å². The van der Waals surface area contributed by atoms with Crippen LogP contribution in [0, 0.1) is 13.8 Å². The molecule has 1 radical (unpaired) electrons. The van der Waals surface area contributed by atoms with E-state index in [0.29, 0.717) is 29.9 Å². The Balaban J connectivity index is 2.13. The Labute approximate surface area is 204 Å². The molecule has 0 amide bonds. The summed E-state index contributed by atoms with van der Waals surface area (Å²) < 4.78 is 24.9. The molecule has 1 atom stereocenters. The van der Waals surface area contributed by atoms with E-state index in [-0.39, 0.29) is 16.8 Å². The fraction of sp³-hybridized carbons (Fsp3) is 0.500. The summed E-state index contributed by atoms with van der Waals surface area (Å²) in [6.07, 6.45) is 3.36. The van der Waals surface area contributed by atoms with Crippen LogP contribution in [-0.4, -0.2) is 30.7 Å². The third kappa shape index (κ3) is 4.68.